The number of rotatable bonds is 4. The molecule has 0 aliphatic rings. The molecular formula is C13H15FN2. The zero-order valence-corrected chi connectivity index (χ0v) is 9.57. The molecule has 0 aromatic heterocycles. The molecule has 84 valence electrons. The average Bonchev–Trinajstić information content (AvgIpc) is 2.25. The molecule has 0 saturated heterocycles. The number of hydrogen-bond donors (Lipinski definition) is 0. The molecule has 0 amide bonds. The minimum Gasteiger partial charge on any atom is -0.364 e. The van der Waals surface area contributed by atoms with Gasteiger partial charge in [-0.15, -0.1) is 6.58 Å². The Balaban J connectivity index is 3.24. The summed E-state index contributed by atoms with van der Waals surface area (Å²) in [5, 5.41) is 8.96. The standard InChI is InChI=1S/C13H15FN2/c1-4-8-16(10(2)3)13-7-5-6-12(14)11(13)9-15/h4-7,10H,1,8H2,2-3H3. The van der Waals surface area contributed by atoms with Crippen LogP contribution in [0.3, 0.4) is 0 Å². The summed E-state index contributed by atoms with van der Waals surface area (Å²) < 4.78 is 13.4. The van der Waals surface area contributed by atoms with Crippen molar-refractivity contribution in [1.29, 1.82) is 5.26 Å². The zero-order valence-electron chi connectivity index (χ0n) is 9.57. The van der Waals surface area contributed by atoms with Gasteiger partial charge in [-0.25, -0.2) is 4.39 Å². The van der Waals surface area contributed by atoms with E-state index in [0.717, 1.165) is 0 Å². The van der Waals surface area contributed by atoms with Gasteiger partial charge >= 0.3 is 0 Å². The third-order valence-electron chi connectivity index (χ3n) is 2.36. The zero-order chi connectivity index (χ0) is 12.1. The van der Waals surface area contributed by atoms with E-state index in [1.807, 2.05) is 24.8 Å². The molecule has 1 aromatic rings. The topological polar surface area (TPSA) is 27.0 Å². The van der Waals surface area contributed by atoms with Crippen molar-refractivity contribution < 1.29 is 4.39 Å². The highest BCUT2D eigenvalue weighted by atomic mass is 19.1. The summed E-state index contributed by atoms with van der Waals surface area (Å²) in [5.74, 6) is -0.477. The Kier molecular flexibility index (Phi) is 4.07. The number of benzene rings is 1. The van der Waals surface area contributed by atoms with E-state index in [4.69, 9.17) is 5.26 Å². The van der Waals surface area contributed by atoms with Crippen molar-refractivity contribution in [2.24, 2.45) is 0 Å². The lowest BCUT2D eigenvalue weighted by Gasteiger charge is -2.28. The predicted octanol–water partition coefficient (Wildman–Crippen LogP) is 3.10. The van der Waals surface area contributed by atoms with E-state index in [0.29, 0.717) is 12.2 Å². The normalized spacial score (nSPS) is 9.94. The van der Waals surface area contributed by atoms with Gasteiger partial charge in [0, 0.05) is 12.6 Å². The molecule has 0 atom stereocenters. The highest BCUT2D eigenvalue weighted by molar-refractivity contribution is 5.60. The lowest BCUT2D eigenvalue weighted by Crippen LogP contribution is -2.31. The number of nitriles is 1. The van der Waals surface area contributed by atoms with E-state index in [9.17, 15) is 4.39 Å². The smallest absolute Gasteiger partial charge is 0.143 e. The van der Waals surface area contributed by atoms with Gasteiger partial charge < -0.3 is 4.90 Å². The molecule has 1 rings (SSSR count). The van der Waals surface area contributed by atoms with Gasteiger partial charge in [-0.1, -0.05) is 12.1 Å². The Hall–Kier alpha value is -1.82. The SMILES string of the molecule is C=CCN(c1cccc(F)c1C#N)C(C)C. The van der Waals surface area contributed by atoms with E-state index in [1.54, 1.807) is 18.2 Å². The summed E-state index contributed by atoms with van der Waals surface area (Å²) in [6.07, 6.45) is 1.74. The maximum Gasteiger partial charge on any atom is 0.143 e. The lowest BCUT2D eigenvalue weighted by molar-refractivity contribution is 0.620. The van der Waals surface area contributed by atoms with Gasteiger partial charge in [0.2, 0.25) is 0 Å². The Morgan fingerprint density at radius 1 is 1.56 bits per heavy atom. The van der Waals surface area contributed by atoms with Crippen LogP contribution >= 0.6 is 0 Å². The predicted molar refractivity (Wildman–Crippen MR) is 63.8 cm³/mol. The van der Waals surface area contributed by atoms with Crippen LogP contribution < -0.4 is 4.90 Å². The van der Waals surface area contributed by atoms with Gasteiger partial charge in [0.1, 0.15) is 17.4 Å². The first-order chi connectivity index (χ1) is 7.61. The highest BCUT2D eigenvalue weighted by Crippen LogP contribution is 2.24. The molecule has 0 heterocycles. The van der Waals surface area contributed by atoms with Crippen LogP contribution in [-0.2, 0) is 0 Å². The fourth-order valence-corrected chi connectivity index (χ4v) is 1.59. The number of halogens is 1. The lowest BCUT2D eigenvalue weighted by atomic mass is 10.1. The second-order valence-electron chi connectivity index (χ2n) is 3.78. The summed E-state index contributed by atoms with van der Waals surface area (Å²) >= 11 is 0. The van der Waals surface area contributed by atoms with E-state index in [-0.39, 0.29) is 11.6 Å². The van der Waals surface area contributed by atoms with Gasteiger partial charge in [-0.3, -0.25) is 0 Å². The second kappa shape index (κ2) is 5.32. The maximum absolute atomic E-state index is 13.4. The fourth-order valence-electron chi connectivity index (χ4n) is 1.59. The van der Waals surface area contributed by atoms with Crippen molar-refractivity contribution in [2.45, 2.75) is 19.9 Å². The average molecular weight is 218 g/mol. The molecule has 0 unspecified atom stereocenters. The molecule has 0 N–H and O–H groups in total. The van der Waals surface area contributed by atoms with Crippen molar-refractivity contribution in [3.05, 3.63) is 42.2 Å². The number of hydrogen-bond acceptors (Lipinski definition) is 2. The van der Waals surface area contributed by atoms with Gasteiger partial charge in [0.25, 0.3) is 0 Å². The van der Waals surface area contributed by atoms with Gasteiger partial charge in [0.05, 0.1) is 5.69 Å². The van der Waals surface area contributed by atoms with Crippen LogP contribution in [0.25, 0.3) is 0 Å². The van der Waals surface area contributed by atoms with Crippen molar-refractivity contribution in [2.75, 3.05) is 11.4 Å². The summed E-state index contributed by atoms with van der Waals surface area (Å²) in [4.78, 5) is 1.94. The number of nitrogens with zero attached hydrogens (tertiary/aromatic N) is 2. The first kappa shape index (κ1) is 12.3. The van der Waals surface area contributed by atoms with E-state index < -0.39 is 5.82 Å². The molecule has 3 heteroatoms. The Labute approximate surface area is 95.6 Å². The molecule has 2 nitrogen and oxygen atoms in total. The first-order valence-corrected chi connectivity index (χ1v) is 5.18. The van der Waals surface area contributed by atoms with Crippen LogP contribution in [0.15, 0.2) is 30.9 Å². The summed E-state index contributed by atoms with van der Waals surface area (Å²) in [7, 11) is 0. The molecule has 0 aliphatic carbocycles. The van der Waals surface area contributed by atoms with E-state index in [2.05, 4.69) is 6.58 Å². The van der Waals surface area contributed by atoms with E-state index in [1.165, 1.54) is 6.07 Å². The van der Waals surface area contributed by atoms with Crippen molar-refractivity contribution >= 4 is 5.69 Å². The maximum atomic E-state index is 13.4. The Morgan fingerprint density at radius 3 is 2.75 bits per heavy atom. The summed E-state index contributed by atoms with van der Waals surface area (Å²) in [6, 6.07) is 6.76. The molecule has 0 aliphatic heterocycles. The molecule has 0 fully saturated rings. The van der Waals surface area contributed by atoms with Crippen molar-refractivity contribution in [3.8, 4) is 6.07 Å². The molecule has 1 aromatic carbocycles. The largest absolute Gasteiger partial charge is 0.364 e. The minimum atomic E-state index is -0.477. The molecule has 0 radical (unpaired) electrons. The Morgan fingerprint density at radius 2 is 2.25 bits per heavy atom. The van der Waals surface area contributed by atoms with Crippen molar-refractivity contribution in [3.63, 3.8) is 0 Å². The van der Waals surface area contributed by atoms with Crippen LogP contribution in [-0.4, -0.2) is 12.6 Å². The molecule has 0 saturated carbocycles. The minimum absolute atomic E-state index is 0.0954. The van der Waals surface area contributed by atoms with Gasteiger partial charge in [-0.05, 0) is 26.0 Å². The number of anilines is 1. The summed E-state index contributed by atoms with van der Waals surface area (Å²) in [5.41, 5.74) is 0.718. The molecular weight excluding hydrogens is 203 g/mol. The molecule has 0 spiro atoms. The monoisotopic (exact) mass is 218 g/mol. The van der Waals surface area contributed by atoms with E-state index >= 15 is 0 Å². The quantitative estimate of drug-likeness (QED) is 0.726. The van der Waals surface area contributed by atoms with Crippen LogP contribution in [0.4, 0.5) is 10.1 Å². The summed E-state index contributed by atoms with van der Waals surface area (Å²) in [6.45, 7) is 8.25. The second-order valence-corrected chi connectivity index (χ2v) is 3.78. The first-order valence-electron chi connectivity index (χ1n) is 5.18. The van der Waals surface area contributed by atoms with Gasteiger partial charge in [-0.2, -0.15) is 5.26 Å². The third-order valence-corrected chi connectivity index (χ3v) is 2.36. The van der Waals surface area contributed by atoms with Crippen LogP contribution in [0.1, 0.15) is 19.4 Å². The van der Waals surface area contributed by atoms with Gasteiger partial charge in [0.15, 0.2) is 0 Å². The Bertz CT molecular complexity index is 418. The molecule has 16 heavy (non-hydrogen) atoms. The van der Waals surface area contributed by atoms with Crippen LogP contribution in [0, 0.1) is 17.1 Å². The van der Waals surface area contributed by atoms with Crippen LogP contribution in [0.5, 0.6) is 0 Å². The third kappa shape index (κ3) is 2.40. The highest BCUT2D eigenvalue weighted by Gasteiger charge is 2.15. The molecule has 0 bridgehead atoms. The van der Waals surface area contributed by atoms with Crippen LogP contribution in [0.2, 0.25) is 0 Å². The van der Waals surface area contributed by atoms with Crippen molar-refractivity contribution in [1.82, 2.24) is 0 Å². The fraction of sp³-hybridized carbons (Fsp3) is 0.308.